The highest BCUT2D eigenvalue weighted by Crippen LogP contribution is 1.70. The quantitative estimate of drug-likeness (QED) is 0.530. The fourth-order valence-electron chi connectivity index (χ4n) is 0.203. The van der Waals surface area contributed by atoms with Gasteiger partial charge in [0.15, 0.2) is 0 Å². The smallest absolute Gasteiger partial charge is 0.302 e. The molecule has 9 heavy (non-hydrogen) atoms. The molecule has 56 valence electrons. The van der Waals surface area contributed by atoms with Gasteiger partial charge in [-0.2, -0.15) is 11.8 Å². The van der Waals surface area contributed by atoms with Crippen molar-refractivity contribution in [3.05, 3.63) is 0 Å². The molecule has 0 aromatic rings. The Morgan fingerprint density at radius 3 is 1.89 bits per heavy atom. The molecule has 0 radical (unpaired) electrons. The molecule has 0 N–H and O–H groups in total. The molecular weight excluding hydrogens is 136 g/mol. The number of thioether (sulfide) groups is 1. The monoisotopic (exact) mass is 150 g/mol. The zero-order valence-corrected chi connectivity index (χ0v) is 7.25. The van der Waals surface area contributed by atoms with Crippen LogP contribution in [0.5, 0.6) is 0 Å². The molecule has 0 unspecified atom stereocenters. The summed E-state index contributed by atoms with van der Waals surface area (Å²) >= 11 is 1.75. The van der Waals surface area contributed by atoms with E-state index in [2.05, 4.69) is 4.74 Å². The van der Waals surface area contributed by atoms with Crippen molar-refractivity contribution < 1.29 is 9.53 Å². The standard InChI is InChI=1S/C4H8O2.C2H6S/c1-3-6-4(2)5;1-3-2/h3H2,1-2H3;1-2H3. The second kappa shape index (κ2) is 10.7. The van der Waals surface area contributed by atoms with E-state index in [0.29, 0.717) is 6.61 Å². The second-order valence-electron chi connectivity index (χ2n) is 1.33. The molecule has 0 aromatic carbocycles. The maximum atomic E-state index is 9.82. The van der Waals surface area contributed by atoms with Gasteiger partial charge in [0.2, 0.25) is 0 Å². The molecule has 0 amide bonds. The lowest BCUT2D eigenvalue weighted by molar-refractivity contribution is -0.140. The van der Waals surface area contributed by atoms with Gasteiger partial charge in [0.05, 0.1) is 6.61 Å². The van der Waals surface area contributed by atoms with E-state index in [1.54, 1.807) is 18.7 Å². The molecule has 0 atom stereocenters. The van der Waals surface area contributed by atoms with Crippen molar-refractivity contribution in [2.75, 3.05) is 19.1 Å². The van der Waals surface area contributed by atoms with Gasteiger partial charge in [-0.3, -0.25) is 4.79 Å². The zero-order chi connectivity index (χ0) is 7.70. The normalized spacial score (nSPS) is 7.11. The van der Waals surface area contributed by atoms with Crippen LogP contribution in [0.3, 0.4) is 0 Å². The van der Waals surface area contributed by atoms with Crippen molar-refractivity contribution >= 4 is 17.7 Å². The summed E-state index contributed by atoms with van der Waals surface area (Å²) in [6.45, 7) is 3.65. The second-order valence-corrected chi connectivity index (χ2v) is 2.15. The number of esters is 1. The fraction of sp³-hybridized carbons (Fsp3) is 0.833. The van der Waals surface area contributed by atoms with Gasteiger partial charge >= 0.3 is 5.97 Å². The minimum Gasteiger partial charge on any atom is -0.466 e. The summed E-state index contributed by atoms with van der Waals surface area (Å²) in [5.74, 6) is -0.211. The van der Waals surface area contributed by atoms with Crippen LogP contribution in [-0.4, -0.2) is 25.1 Å². The maximum Gasteiger partial charge on any atom is 0.302 e. The van der Waals surface area contributed by atoms with Crippen LogP contribution in [0.25, 0.3) is 0 Å². The predicted octanol–water partition coefficient (Wildman–Crippen LogP) is 1.55. The van der Waals surface area contributed by atoms with E-state index in [9.17, 15) is 4.79 Å². The van der Waals surface area contributed by atoms with E-state index in [0.717, 1.165) is 0 Å². The largest absolute Gasteiger partial charge is 0.466 e. The number of carbonyl (C=O) groups excluding carboxylic acids is 1. The summed E-state index contributed by atoms with van der Waals surface area (Å²) in [7, 11) is 0. The lowest BCUT2D eigenvalue weighted by atomic mass is 10.8. The van der Waals surface area contributed by atoms with E-state index in [1.807, 2.05) is 12.5 Å². The van der Waals surface area contributed by atoms with Gasteiger partial charge in [-0.1, -0.05) is 0 Å². The Kier molecular flexibility index (Phi) is 13.8. The molecular formula is C6H14O2S. The molecule has 0 saturated heterocycles. The van der Waals surface area contributed by atoms with E-state index < -0.39 is 0 Å². The Morgan fingerprint density at radius 1 is 1.56 bits per heavy atom. The van der Waals surface area contributed by atoms with E-state index >= 15 is 0 Å². The molecule has 0 spiro atoms. The zero-order valence-electron chi connectivity index (χ0n) is 6.43. The minimum absolute atomic E-state index is 0.211. The van der Waals surface area contributed by atoms with Crippen LogP contribution in [0.15, 0.2) is 0 Å². The molecule has 0 rings (SSSR count). The SMILES string of the molecule is CCOC(C)=O.CSC. The third kappa shape index (κ3) is 33.3. The van der Waals surface area contributed by atoms with Gasteiger partial charge in [-0.05, 0) is 19.4 Å². The lowest BCUT2D eigenvalue weighted by Gasteiger charge is -1.89. The Bertz CT molecular complexity index is 64.1. The van der Waals surface area contributed by atoms with Gasteiger partial charge in [-0.15, -0.1) is 0 Å². The summed E-state index contributed by atoms with van der Waals surface area (Å²) in [6, 6.07) is 0. The van der Waals surface area contributed by atoms with E-state index in [1.165, 1.54) is 6.92 Å². The van der Waals surface area contributed by atoms with Crippen molar-refractivity contribution in [3.63, 3.8) is 0 Å². The number of hydrogen-bond donors (Lipinski definition) is 0. The highest BCUT2D eigenvalue weighted by molar-refractivity contribution is 7.97. The first kappa shape index (κ1) is 11.6. The fourth-order valence-corrected chi connectivity index (χ4v) is 0.203. The van der Waals surface area contributed by atoms with E-state index in [-0.39, 0.29) is 5.97 Å². The van der Waals surface area contributed by atoms with Crippen molar-refractivity contribution in [2.24, 2.45) is 0 Å². The third-order valence-electron chi connectivity index (χ3n) is 0.348. The van der Waals surface area contributed by atoms with Crippen molar-refractivity contribution in [1.29, 1.82) is 0 Å². The number of rotatable bonds is 1. The van der Waals surface area contributed by atoms with Crippen molar-refractivity contribution in [1.82, 2.24) is 0 Å². The molecule has 3 heteroatoms. The highest BCUT2D eigenvalue weighted by atomic mass is 32.2. The number of carbonyl (C=O) groups is 1. The summed E-state index contributed by atoms with van der Waals surface area (Å²) in [5.41, 5.74) is 0. The van der Waals surface area contributed by atoms with Crippen molar-refractivity contribution in [2.45, 2.75) is 13.8 Å². The van der Waals surface area contributed by atoms with E-state index in [4.69, 9.17) is 0 Å². The molecule has 2 nitrogen and oxygen atoms in total. The Hall–Kier alpha value is -0.180. The minimum atomic E-state index is -0.211. The maximum absolute atomic E-state index is 9.82. The first-order chi connectivity index (χ1) is 4.18. The van der Waals surface area contributed by atoms with Crippen LogP contribution in [-0.2, 0) is 9.53 Å². The van der Waals surface area contributed by atoms with Crippen LogP contribution >= 0.6 is 11.8 Å². The van der Waals surface area contributed by atoms with Crippen LogP contribution in [0, 0.1) is 0 Å². The molecule has 0 bridgehead atoms. The number of ether oxygens (including phenoxy) is 1. The topological polar surface area (TPSA) is 26.3 Å². The first-order valence-corrected chi connectivity index (χ1v) is 4.35. The summed E-state index contributed by atoms with van der Waals surface area (Å²) < 4.78 is 4.40. The highest BCUT2D eigenvalue weighted by Gasteiger charge is 1.81. The van der Waals surface area contributed by atoms with Crippen LogP contribution in [0.4, 0.5) is 0 Å². The van der Waals surface area contributed by atoms with Crippen LogP contribution in [0.1, 0.15) is 13.8 Å². The molecule has 0 saturated carbocycles. The molecule has 0 aliphatic carbocycles. The Labute approximate surface area is 61.0 Å². The molecule has 0 aromatic heterocycles. The summed E-state index contributed by atoms with van der Waals surface area (Å²) in [5, 5.41) is 0. The summed E-state index contributed by atoms with van der Waals surface area (Å²) in [4.78, 5) is 9.82. The third-order valence-corrected chi connectivity index (χ3v) is 0.348. The molecule has 0 aliphatic rings. The predicted molar refractivity (Wildman–Crippen MR) is 41.7 cm³/mol. The van der Waals surface area contributed by atoms with Gasteiger partial charge in [0.25, 0.3) is 0 Å². The van der Waals surface area contributed by atoms with Crippen molar-refractivity contribution in [3.8, 4) is 0 Å². The Morgan fingerprint density at radius 2 is 1.89 bits per heavy atom. The van der Waals surface area contributed by atoms with Crippen LogP contribution < -0.4 is 0 Å². The molecule has 0 heterocycles. The van der Waals surface area contributed by atoms with Gasteiger partial charge in [0, 0.05) is 6.92 Å². The first-order valence-electron chi connectivity index (χ1n) is 2.72. The lowest BCUT2D eigenvalue weighted by Crippen LogP contribution is -1.95. The van der Waals surface area contributed by atoms with Gasteiger partial charge < -0.3 is 4.74 Å². The van der Waals surface area contributed by atoms with Crippen LogP contribution in [0.2, 0.25) is 0 Å². The van der Waals surface area contributed by atoms with Gasteiger partial charge in [-0.25, -0.2) is 0 Å². The number of hydrogen-bond acceptors (Lipinski definition) is 3. The molecule has 0 fully saturated rings. The van der Waals surface area contributed by atoms with Gasteiger partial charge in [0.1, 0.15) is 0 Å². The Balaban J connectivity index is 0. The summed E-state index contributed by atoms with van der Waals surface area (Å²) in [6.07, 6.45) is 4.08. The average Bonchev–Trinajstić information content (AvgIpc) is 1.67. The molecule has 0 aliphatic heterocycles. The average molecular weight is 150 g/mol.